The maximum Gasteiger partial charge on any atom is 0.344 e. The van der Waals surface area contributed by atoms with Crippen LogP contribution in [-0.2, 0) is 9.53 Å². The number of nitrogens with zero attached hydrogens (tertiary/aromatic N) is 3. The van der Waals surface area contributed by atoms with Gasteiger partial charge in [0.2, 0.25) is 0 Å². The highest BCUT2D eigenvalue weighted by molar-refractivity contribution is 8.18. The van der Waals surface area contributed by atoms with E-state index < -0.39 is 23.9 Å². The van der Waals surface area contributed by atoms with E-state index in [2.05, 4.69) is 52.2 Å². The molecule has 2 atom stereocenters. The van der Waals surface area contributed by atoms with Crippen LogP contribution in [-0.4, -0.2) is 96.8 Å². The molecule has 19 heteroatoms. The first-order chi connectivity index (χ1) is 34.5. The zero-order valence-electron chi connectivity index (χ0n) is 38.5. The molecular weight excluding hydrogens is 925 g/mol. The van der Waals surface area contributed by atoms with Crippen molar-refractivity contribution in [2.75, 3.05) is 67.2 Å². The van der Waals surface area contributed by atoms with Crippen LogP contribution in [0.25, 0.3) is 6.08 Å². The minimum atomic E-state index is -0.690. The van der Waals surface area contributed by atoms with E-state index in [1.54, 1.807) is 67.6 Å². The highest BCUT2D eigenvalue weighted by Crippen LogP contribution is 2.42. The molecule has 2 unspecified atom stereocenters. The van der Waals surface area contributed by atoms with Gasteiger partial charge >= 0.3 is 18.0 Å². The number of nitrogens with one attached hydrogen (secondary N) is 7. The lowest BCUT2D eigenvalue weighted by molar-refractivity contribution is -0.138. The second kappa shape index (κ2) is 21.8. The van der Waals surface area contributed by atoms with Crippen molar-refractivity contribution >= 4 is 86.9 Å². The number of phenols is 1. The summed E-state index contributed by atoms with van der Waals surface area (Å²) in [6.07, 6.45) is 2.41. The minimum absolute atomic E-state index is 0.0311. The molecule has 0 bridgehead atoms. The Morgan fingerprint density at radius 3 is 1.92 bits per heavy atom. The average Bonchev–Trinajstić information content (AvgIpc) is 3.73. The van der Waals surface area contributed by atoms with Crippen LogP contribution in [0.3, 0.4) is 0 Å². The van der Waals surface area contributed by atoms with Crippen molar-refractivity contribution in [3.8, 4) is 11.5 Å². The first-order valence-corrected chi connectivity index (χ1v) is 23.8. The van der Waals surface area contributed by atoms with Gasteiger partial charge in [-0.1, -0.05) is 36.0 Å². The number of urea groups is 2. The van der Waals surface area contributed by atoms with Crippen LogP contribution in [0.1, 0.15) is 40.4 Å². The van der Waals surface area contributed by atoms with Gasteiger partial charge in [0.1, 0.15) is 28.0 Å². The normalized spacial score (nSPS) is 17.9. The number of ether oxygens (including phenoxy) is 2. The van der Waals surface area contributed by atoms with Crippen LogP contribution in [0.4, 0.5) is 38.0 Å². The van der Waals surface area contributed by atoms with Crippen molar-refractivity contribution < 1.29 is 38.9 Å². The average molecular weight is 975 g/mol. The number of benzene rings is 5. The number of thioether (sulfide) groups is 1. The maximum atomic E-state index is 13.7. The Kier molecular flexibility index (Phi) is 14.6. The zero-order chi connectivity index (χ0) is 49.3. The van der Waals surface area contributed by atoms with Crippen LogP contribution >= 0.6 is 11.8 Å². The first-order valence-electron chi connectivity index (χ1n) is 23.0. The van der Waals surface area contributed by atoms with Gasteiger partial charge in [0.15, 0.2) is 11.5 Å². The van der Waals surface area contributed by atoms with Gasteiger partial charge in [0.25, 0.3) is 5.91 Å². The number of aromatic hydroxyl groups is 1. The molecule has 1 fully saturated rings. The van der Waals surface area contributed by atoms with Crippen LogP contribution in [0, 0.1) is 11.8 Å². The van der Waals surface area contributed by atoms with Gasteiger partial charge in [-0.15, -0.1) is 0 Å². The van der Waals surface area contributed by atoms with Crippen molar-refractivity contribution in [2.45, 2.75) is 13.3 Å². The third-order valence-electron chi connectivity index (χ3n) is 11.6. The molecule has 18 nitrogen and oxygen atoms in total. The second-order valence-corrected chi connectivity index (χ2v) is 17.8. The summed E-state index contributed by atoms with van der Waals surface area (Å²) in [5, 5.41) is 42.9. The van der Waals surface area contributed by atoms with Crippen LogP contribution in [0.2, 0.25) is 0 Å². The minimum Gasteiger partial charge on any atom is -0.506 e. The molecule has 71 heavy (non-hydrogen) atoms. The summed E-state index contributed by atoms with van der Waals surface area (Å²) in [5.74, 6) is 0.575. The summed E-state index contributed by atoms with van der Waals surface area (Å²) in [4.78, 5) is 66.7. The van der Waals surface area contributed by atoms with Gasteiger partial charge in [-0.05, 0) is 128 Å². The molecule has 1 saturated carbocycles. The van der Waals surface area contributed by atoms with Gasteiger partial charge in [-0.25, -0.2) is 19.4 Å². The third kappa shape index (κ3) is 12.2. The van der Waals surface area contributed by atoms with Gasteiger partial charge in [-0.3, -0.25) is 14.8 Å². The standard InChI is InChI=1S/C52H50N10O8S/c1-2-69-50(66)44-45(64)43(71-49(44)58-36-6-4-3-5-7-36)23-30-8-17-42(41(63)22-30)70-29-35-24-34(35)28-57-48(65)33-25-39(61-51(67)59-37-13-9-31(10-14-37)46-53-18-19-54-46)27-40(26-33)62-52(68)60-38-15-11-32(12-16-38)47-55-20-21-56-47/h3-17,22-23,25-27,34-35,63-64H,2,18-21,24,28-29H2,1H3,(H,53,54)(H,55,56)(H,57,65)(H2,59,61,67)(H2,60,62,68)/b43-23-,58-49?. The summed E-state index contributed by atoms with van der Waals surface area (Å²) in [5.41, 5.74) is 4.74. The van der Waals surface area contributed by atoms with E-state index in [-0.39, 0.29) is 64.8 Å². The number of esters is 1. The van der Waals surface area contributed by atoms with Crippen LogP contribution in [0.5, 0.6) is 11.5 Å². The summed E-state index contributed by atoms with van der Waals surface area (Å²) < 4.78 is 11.2. The number of anilines is 4. The Labute approximate surface area is 412 Å². The number of para-hydroxylation sites is 1. The van der Waals surface area contributed by atoms with Gasteiger partial charge < -0.3 is 56.9 Å². The van der Waals surface area contributed by atoms with Crippen LogP contribution < -0.4 is 42.0 Å². The number of aliphatic imine (C=N–C) groups is 3. The fraction of sp³-hybridized carbons (Fsp3) is 0.212. The van der Waals surface area contributed by atoms with E-state index in [1.165, 1.54) is 18.2 Å². The van der Waals surface area contributed by atoms with Crippen molar-refractivity contribution in [1.29, 1.82) is 0 Å². The molecule has 0 radical (unpaired) electrons. The Balaban J connectivity index is 0.812. The Morgan fingerprint density at radius 1 is 0.746 bits per heavy atom. The number of amides is 5. The molecule has 5 aromatic rings. The van der Waals surface area contributed by atoms with Gasteiger partial charge in [0.05, 0.1) is 36.9 Å². The largest absolute Gasteiger partial charge is 0.506 e. The molecule has 362 valence electrons. The van der Waals surface area contributed by atoms with Crippen LogP contribution in [0.15, 0.2) is 146 Å². The van der Waals surface area contributed by atoms with Crippen molar-refractivity contribution in [2.24, 2.45) is 26.8 Å². The smallest absolute Gasteiger partial charge is 0.344 e. The number of carbonyl (C=O) groups is 4. The fourth-order valence-corrected chi connectivity index (χ4v) is 8.93. The van der Waals surface area contributed by atoms with Crippen molar-refractivity contribution in [1.82, 2.24) is 16.0 Å². The van der Waals surface area contributed by atoms with Gasteiger partial charge in [-0.2, -0.15) is 0 Å². The SMILES string of the molecule is CCOC(=O)C1=C(O)/C(=C/c2ccc(OCC3CC3CNC(=O)c3cc(NC(=O)Nc4ccc(C5=NCCN5)cc4)cc(NC(=O)Nc4ccc(C5=NCCN5)cc4)c3)c(O)c2)SC1=Nc1ccccc1. The van der Waals surface area contributed by atoms with Crippen molar-refractivity contribution in [3.63, 3.8) is 0 Å². The highest BCUT2D eigenvalue weighted by atomic mass is 32.2. The summed E-state index contributed by atoms with van der Waals surface area (Å²) >= 11 is 1.12. The molecule has 0 aromatic heterocycles. The Bertz CT molecular complexity index is 2910. The molecule has 9 N–H and O–H groups in total. The number of rotatable bonds is 16. The third-order valence-corrected chi connectivity index (χ3v) is 12.6. The molecule has 0 saturated heterocycles. The number of aliphatic hydroxyl groups is 1. The molecular formula is C52H50N10O8S. The number of amidine groups is 2. The topological polar surface area (TPSA) is 248 Å². The summed E-state index contributed by atoms with van der Waals surface area (Å²) in [7, 11) is 0. The number of hydrogen-bond donors (Lipinski definition) is 9. The van der Waals surface area contributed by atoms with E-state index in [9.17, 15) is 29.4 Å². The Morgan fingerprint density at radius 2 is 1.35 bits per heavy atom. The van der Waals surface area contributed by atoms with E-state index in [0.717, 1.165) is 54.1 Å². The van der Waals surface area contributed by atoms with E-state index >= 15 is 0 Å². The zero-order valence-corrected chi connectivity index (χ0v) is 39.3. The van der Waals surface area contributed by atoms with E-state index in [4.69, 9.17) is 9.47 Å². The molecule has 4 aliphatic rings. The maximum absolute atomic E-state index is 13.7. The molecule has 3 aliphatic heterocycles. The van der Waals surface area contributed by atoms with Crippen molar-refractivity contribution in [3.05, 3.63) is 154 Å². The monoisotopic (exact) mass is 974 g/mol. The number of aliphatic hydroxyl groups excluding tert-OH is 1. The number of hydrogen-bond acceptors (Lipinski definition) is 14. The van der Waals surface area contributed by atoms with Gasteiger partial charge in [0, 0.05) is 59.1 Å². The lowest BCUT2D eigenvalue weighted by Gasteiger charge is -2.14. The molecule has 3 heterocycles. The number of carbonyl (C=O) groups excluding carboxylic acids is 4. The summed E-state index contributed by atoms with van der Waals surface area (Å²) in [6.45, 7) is 5.40. The lowest BCUT2D eigenvalue weighted by Crippen LogP contribution is -2.27. The highest BCUT2D eigenvalue weighted by Gasteiger charge is 2.38. The lowest BCUT2D eigenvalue weighted by atomic mass is 10.1. The predicted molar refractivity (Wildman–Crippen MR) is 276 cm³/mol. The summed E-state index contributed by atoms with van der Waals surface area (Å²) in [6, 6.07) is 31.9. The number of phenolic OH excluding ortho intramolecular Hbond substituents is 1. The molecule has 0 spiro atoms. The fourth-order valence-electron chi connectivity index (χ4n) is 7.89. The predicted octanol–water partition coefficient (Wildman–Crippen LogP) is 8.02. The first kappa shape index (κ1) is 47.5. The van der Waals surface area contributed by atoms with E-state index in [1.807, 2.05) is 42.5 Å². The molecule has 5 aromatic carbocycles. The molecule has 5 amide bonds. The molecule has 9 rings (SSSR count). The second-order valence-electron chi connectivity index (χ2n) is 16.7. The van der Waals surface area contributed by atoms with E-state index in [0.29, 0.717) is 52.2 Å². The Hall–Kier alpha value is -8.58. The molecule has 1 aliphatic carbocycles. The quantitative estimate of drug-likeness (QED) is 0.0429.